The molecule has 0 aliphatic rings. The number of hydrogen-bond acceptors (Lipinski definition) is 3. The van der Waals surface area contributed by atoms with Gasteiger partial charge in [-0.25, -0.2) is 0 Å². The third-order valence-electron chi connectivity index (χ3n) is 2.90. The van der Waals surface area contributed by atoms with Crippen molar-refractivity contribution in [2.24, 2.45) is 0 Å². The highest BCUT2D eigenvalue weighted by Gasteiger charge is 2.08. The van der Waals surface area contributed by atoms with Crippen molar-refractivity contribution >= 4 is 5.91 Å². The first-order valence-electron chi connectivity index (χ1n) is 6.90. The maximum atomic E-state index is 11.8. The van der Waals surface area contributed by atoms with E-state index in [1.165, 1.54) is 5.56 Å². The molecule has 106 valence electrons. The number of benzene rings is 1. The number of hydrogen-bond donors (Lipinski definition) is 2. The second-order valence-electron chi connectivity index (χ2n) is 4.59. The van der Waals surface area contributed by atoms with Crippen LogP contribution in [0, 0.1) is 0 Å². The van der Waals surface area contributed by atoms with Crippen molar-refractivity contribution in [3.05, 3.63) is 35.9 Å². The van der Waals surface area contributed by atoms with Crippen LogP contribution >= 0.6 is 0 Å². The average Bonchev–Trinajstić information content (AvgIpc) is 2.40. The Hall–Kier alpha value is -1.39. The van der Waals surface area contributed by atoms with Crippen molar-refractivity contribution in [2.45, 2.75) is 19.8 Å². The van der Waals surface area contributed by atoms with Crippen LogP contribution in [-0.2, 0) is 11.2 Å². The first kappa shape index (κ1) is 15.7. The van der Waals surface area contributed by atoms with Crippen LogP contribution in [-0.4, -0.2) is 48.7 Å². The molecule has 0 unspecified atom stereocenters. The van der Waals surface area contributed by atoms with Crippen LogP contribution in [0.4, 0.5) is 0 Å². The van der Waals surface area contributed by atoms with Crippen LogP contribution in [0.15, 0.2) is 30.3 Å². The summed E-state index contributed by atoms with van der Waals surface area (Å²) in [6.07, 6.45) is 1.83. The van der Waals surface area contributed by atoms with E-state index in [0.717, 1.165) is 19.4 Å². The summed E-state index contributed by atoms with van der Waals surface area (Å²) in [5.41, 5.74) is 1.23. The standard InChI is InChI=1S/C15H24N2O2/c1-2-10-17(11-12-18)13-15(19)16-9-8-14-6-4-3-5-7-14/h3-7,18H,2,8-13H2,1H3,(H,16,19). The summed E-state index contributed by atoms with van der Waals surface area (Å²) in [6, 6.07) is 10.1. The second kappa shape index (κ2) is 9.53. The summed E-state index contributed by atoms with van der Waals surface area (Å²) in [4.78, 5) is 13.7. The average molecular weight is 264 g/mol. The number of aliphatic hydroxyl groups is 1. The Morgan fingerprint density at radius 3 is 2.63 bits per heavy atom. The van der Waals surface area contributed by atoms with Crippen LogP contribution in [0.2, 0.25) is 0 Å². The molecule has 0 aliphatic heterocycles. The summed E-state index contributed by atoms with van der Waals surface area (Å²) in [5, 5.41) is 11.8. The molecule has 1 rings (SSSR count). The topological polar surface area (TPSA) is 52.6 Å². The van der Waals surface area contributed by atoms with Crippen molar-refractivity contribution in [3.63, 3.8) is 0 Å². The van der Waals surface area contributed by atoms with Gasteiger partial charge in [-0.1, -0.05) is 37.3 Å². The van der Waals surface area contributed by atoms with Crippen molar-refractivity contribution in [3.8, 4) is 0 Å². The largest absolute Gasteiger partial charge is 0.395 e. The molecule has 2 N–H and O–H groups in total. The third kappa shape index (κ3) is 6.94. The first-order chi connectivity index (χ1) is 9.26. The minimum Gasteiger partial charge on any atom is -0.395 e. The van der Waals surface area contributed by atoms with Crippen molar-refractivity contribution in [1.29, 1.82) is 0 Å². The van der Waals surface area contributed by atoms with Gasteiger partial charge in [-0.3, -0.25) is 9.69 Å². The molecule has 0 atom stereocenters. The van der Waals surface area contributed by atoms with Crippen LogP contribution in [0.5, 0.6) is 0 Å². The maximum Gasteiger partial charge on any atom is 0.234 e. The van der Waals surface area contributed by atoms with Gasteiger partial charge in [0.2, 0.25) is 5.91 Å². The summed E-state index contributed by atoms with van der Waals surface area (Å²) >= 11 is 0. The van der Waals surface area contributed by atoms with E-state index in [2.05, 4.69) is 24.4 Å². The van der Waals surface area contributed by atoms with Crippen molar-refractivity contribution in [2.75, 3.05) is 32.8 Å². The van der Waals surface area contributed by atoms with Crippen LogP contribution in [0.25, 0.3) is 0 Å². The summed E-state index contributed by atoms with van der Waals surface area (Å²) < 4.78 is 0. The Kier molecular flexibility index (Phi) is 7.86. The van der Waals surface area contributed by atoms with E-state index in [1.54, 1.807) is 0 Å². The molecule has 19 heavy (non-hydrogen) atoms. The molecule has 1 aromatic carbocycles. The zero-order chi connectivity index (χ0) is 13.9. The van der Waals surface area contributed by atoms with E-state index in [9.17, 15) is 4.79 Å². The molecule has 1 aromatic rings. The highest BCUT2D eigenvalue weighted by atomic mass is 16.3. The Labute approximate surface area is 115 Å². The van der Waals surface area contributed by atoms with E-state index in [-0.39, 0.29) is 12.5 Å². The zero-order valence-electron chi connectivity index (χ0n) is 11.6. The molecule has 0 bridgehead atoms. The first-order valence-corrected chi connectivity index (χ1v) is 6.90. The van der Waals surface area contributed by atoms with E-state index in [4.69, 9.17) is 5.11 Å². The molecule has 0 spiro atoms. The Morgan fingerprint density at radius 2 is 2.00 bits per heavy atom. The number of rotatable bonds is 9. The molecule has 4 heteroatoms. The number of amides is 1. The van der Waals surface area contributed by atoms with Crippen molar-refractivity contribution < 1.29 is 9.90 Å². The van der Waals surface area contributed by atoms with Crippen LogP contribution in [0.3, 0.4) is 0 Å². The number of nitrogens with one attached hydrogen (secondary N) is 1. The third-order valence-corrected chi connectivity index (χ3v) is 2.90. The fourth-order valence-electron chi connectivity index (χ4n) is 1.98. The van der Waals surface area contributed by atoms with Gasteiger partial charge in [-0.05, 0) is 24.9 Å². The molecule has 0 aliphatic carbocycles. The highest BCUT2D eigenvalue weighted by Crippen LogP contribution is 1.98. The predicted octanol–water partition coefficient (Wildman–Crippen LogP) is 1.05. The van der Waals surface area contributed by atoms with Crippen LogP contribution in [0.1, 0.15) is 18.9 Å². The number of nitrogens with zero attached hydrogens (tertiary/aromatic N) is 1. The molecule has 0 saturated carbocycles. The summed E-state index contributed by atoms with van der Waals surface area (Å²) in [5.74, 6) is 0.0258. The smallest absolute Gasteiger partial charge is 0.234 e. The summed E-state index contributed by atoms with van der Waals surface area (Å²) in [7, 11) is 0. The normalized spacial score (nSPS) is 10.7. The fourth-order valence-corrected chi connectivity index (χ4v) is 1.98. The molecular weight excluding hydrogens is 240 g/mol. The van der Waals surface area contributed by atoms with Gasteiger partial charge in [0.25, 0.3) is 0 Å². The monoisotopic (exact) mass is 264 g/mol. The molecular formula is C15H24N2O2. The Morgan fingerprint density at radius 1 is 1.26 bits per heavy atom. The lowest BCUT2D eigenvalue weighted by Gasteiger charge is -2.19. The van der Waals surface area contributed by atoms with E-state index < -0.39 is 0 Å². The molecule has 0 aromatic heterocycles. The van der Waals surface area contributed by atoms with Gasteiger partial charge in [0.1, 0.15) is 0 Å². The zero-order valence-corrected chi connectivity index (χ0v) is 11.6. The predicted molar refractivity (Wildman–Crippen MR) is 77.0 cm³/mol. The summed E-state index contributed by atoms with van der Waals surface area (Å²) in [6.45, 7) is 4.58. The molecule has 0 radical (unpaired) electrons. The highest BCUT2D eigenvalue weighted by molar-refractivity contribution is 5.78. The van der Waals surface area contributed by atoms with Gasteiger partial charge in [0, 0.05) is 13.1 Å². The quantitative estimate of drug-likeness (QED) is 0.701. The van der Waals surface area contributed by atoms with Gasteiger partial charge >= 0.3 is 0 Å². The minimum absolute atomic E-state index is 0.0258. The van der Waals surface area contributed by atoms with E-state index in [0.29, 0.717) is 19.6 Å². The van der Waals surface area contributed by atoms with Gasteiger partial charge in [-0.2, -0.15) is 0 Å². The van der Waals surface area contributed by atoms with Gasteiger partial charge in [-0.15, -0.1) is 0 Å². The molecule has 1 amide bonds. The minimum atomic E-state index is 0.0258. The number of carbonyl (C=O) groups excluding carboxylic acids is 1. The Bertz CT molecular complexity index is 348. The van der Waals surface area contributed by atoms with E-state index in [1.807, 2.05) is 23.1 Å². The van der Waals surface area contributed by atoms with Gasteiger partial charge in [0.15, 0.2) is 0 Å². The lowest BCUT2D eigenvalue weighted by molar-refractivity contribution is -0.122. The molecule has 0 heterocycles. The lowest BCUT2D eigenvalue weighted by Crippen LogP contribution is -2.39. The van der Waals surface area contributed by atoms with Crippen molar-refractivity contribution in [1.82, 2.24) is 10.2 Å². The van der Waals surface area contributed by atoms with Gasteiger partial charge < -0.3 is 10.4 Å². The fraction of sp³-hybridized carbons (Fsp3) is 0.533. The Balaban J connectivity index is 2.23. The number of carbonyl (C=O) groups is 1. The molecule has 4 nitrogen and oxygen atoms in total. The lowest BCUT2D eigenvalue weighted by atomic mass is 10.1. The van der Waals surface area contributed by atoms with Crippen LogP contribution < -0.4 is 5.32 Å². The second-order valence-corrected chi connectivity index (χ2v) is 4.59. The maximum absolute atomic E-state index is 11.8. The number of aliphatic hydroxyl groups excluding tert-OH is 1. The molecule has 0 saturated heterocycles. The SMILES string of the molecule is CCCN(CCO)CC(=O)NCCc1ccccc1. The molecule has 0 fully saturated rings. The van der Waals surface area contributed by atoms with Gasteiger partial charge in [0.05, 0.1) is 13.2 Å². The van der Waals surface area contributed by atoms with E-state index >= 15 is 0 Å².